The second-order valence-corrected chi connectivity index (χ2v) is 5.04. The summed E-state index contributed by atoms with van der Waals surface area (Å²) in [5.41, 5.74) is -1.72. The van der Waals surface area contributed by atoms with E-state index in [2.05, 4.69) is 21.2 Å². The fourth-order valence-electron chi connectivity index (χ4n) is 1.63. The van der Waals surface area contributed by atoms with Gasteiger partial charge in [-0.25, -0.2) is 4.39 Å². The summed E-state index contributed by atoms with van der Waals surface area (Å²) < 4.78 is 27.0. The Hall–Kier alpha value is -1.57. The van der Waals surface area contributed by atoms with E-state index in [4.69, 9.17) is 0 Å². The minimum Gasteiger partial charge on any atom is -0.349 e. The van der Waals surface area contributed by atoms with Gasteiger partial charge in [0.25, 0.3) is 5.91 Å². The minimum atomic E-state index is -1.33. The molecule has 1 rings (SSSR count). The van der Waals surface area contributed by atoms with Gasteiger partial charge in [0, 0.05) is 11.4 Å². The zero-order valence-electron chi connectivity index (χ0n) is 10.7. The van der Waals surface area contributed by atoms with Gasteiger partial charge in [0.05, 0.1) is 16.6 Å². The first-order valence-corrected chi connectivity index (χ1v) is 6.99. The molecule has 8 heteroatoms. The third kappa shape index (κ3) is 4.22. The summed E-state index contributed by atoms with van der Waals surface area (Å²) in [6.07, 6.45) is 1.45. The molecule has 0 aliphatic rings. The van der Waals surface area contributed by atoms with Crippen molar-refractivity contribution in [2.75, 3.05) is 5.33 Å². The molecule has 5 nitrogen and oxygen atoms in total. The highest BCUT2D eigenvalue weighted by Gasteiger charge is 2.24. The molecule has 110 valence electrons. The van der Waals surface area contributed by atoms with Crippen molar-refractivity contribution in [1.29, 1.82) is 0 Å². The number of benzene rings is 1. The lowest BCUT2D eigenvalue weighted by atomic mass is 10.1. The molecule has 0 radical (unpaired) electrons. The topological polar surface area (TPSA) is 72.2 Å². The van der Waals surface area contributed by atoms with Crippen molar-refractivity contribution in [3.8, 4) is 0 Å². The molecule has 1 atom stereocenters. The normalized spacial score (nSPS) is 12.0. The monoisotopic (exact) mass is 350 g/mol. The molecule has 0 saturated carbocycles. The van der Waals surface area contributed by atoms with E-state index in [0.29, 0.717) is 18.6 Å². The molecule has 1 N–H and O–H groups in total. The van der Waals surface area contributed by atoms with E-state index in [0.717, 1.165) is 11.8 Å². The fourth-order valence-corrected chi connectivity index (χ4v) is 1.95. The van der Waals surface area contributed by atoms with E-state index in [1.54, 1.807) is 6.92 Å². The Labute approximate surface area is 122 Å². The van der Waals surface area contributed by atoms with E-state index >= 15 is 0 Å². The minimum absolute atomic E-state index is 0.248. The fraction of sp³-hybridized carbons (Fsp3) is 0.417. The maximum atomic E-state index is 13.8. The Bertz CT molecular complexity index is 526. The molecule has 1 aromatic rings. The molecular formula is C12H13BrF2N2O3. The number of halogens is 3. The lowest BCUT2D eigenvalue weighted by molar-refractivity contribution is -0.387. The van der Waals surface area contributed by atoms with Crippen LogP contribution in [-0.4, -0.2) is 22.2 Å². The second kappa shape index (κ2) is 7.28. The van der Waals surface area contributed by atoms with Crippen LogP contribution >= 0.6 is 15.9 Å². The van der Waals surface area contributed by atoms with Crippen molar-refractivity contribution in [2.24, 2.45) is 0 Å². The number of amides is 1. The Kier molecular flexibility index (Phi) is 6.00. The van der Waals surface area contributed by atoms with Gasteiger partial charge in [-0.05, 0) is 25.8 Å². The van der Waals surface area contributed by atoms with E-state index < -0.39 is 33.7 Å². The molecule has 0 heterocycles. The van der Waals surface area contributed by atoms with Gasteiger partial charge in [-0.15, -0.1) is 0 Å². The number of rotatable bonds is 6. The largest absolute Gasteiger partial charge is 0.349 e. The average molecular weight is 351 g/mol. The number of carbonyl (C=O) groups is 1. The summed E-state index contributed by atoms with van der Waals surface area (Å²) in [5.74, 6) is -3.23. The van der Waals surface area contributed by atoms with Gasteiger partial charge < -0.3 is 5.32 Å². The standard InChI is InChI=1S/C12H13BrF2N2O3/c1-7(3-2-4-13)16-12(18)9-5-8(14)6-10(11(9)15)17(19)20/h5-7H,2-4H2,1H3,(H,16,18). The van der Waals surface area contributed by atoms with Crippen molar-refractivity contribution in [3.63, 3.8) is 0 Å². The third-order valence-electron chi connectivity index (χ3n) is 2.61. The maximum Gasteiger partial charge on any atom is 0.308 e. The summed E-state index contributed by atoms with van der Waals surface area (Å²) in [4.78, 5) is 21.3. The Morgan fingerprint density at radius 1 is 1.50 bits per heavy atom. The number of alkyl halides is 1. The maximum absolute atomic E-state index is 13.8. The highest BCUT2D eigenvalue weighted by atomic mass is 79.9. The third-order valence-corrected chi connectivity index (χ3v) is 3.17. The molecule has 0 bridgehead atoms. The first-order valence-electron chi connectivity index (χ1n) is 5.87. The quantitative estimate of drug-likeness (QED) is 0.486. The van der Waals surface area contributed by atoms with Gasteiger partial charge in [0.2, 0.25) is 5.82 Å². The number of nitro groups is 1. The van der Waals surface area contributed by atoms with Gasteiger partial charge in [0.1, 0.15) is 5.82 Å². The van der Waals surface area contributed by atoms with Gasteiger partial charge in [-0.2, -0.15) is 4.39 Å². The van der Waals surface area contributed by atoms with Crippen molar-refractivity contribution >= 4 is 27.5 Å². The van der Waals surface area contributed by atoms with Crippen LogP contribution in [0.5, 0.6) is 0 Å². The zero-order chi connectivity index (χ0) is 15.3. The first kappa shape index (κ1) is 16.5. The van der Waals surface area contributed by atoms with Crippen LogP contribution in [0.2, 0.25) is 0 Å². The number of nitrogens with one attached hydrogen (secondary N) is 1. The zero-order valence-corrected chi connectivity index (χ0v) is 12.2. The van der Waals surface area contributed by atoms with Gasteiger partial charge >= 0.3 is 5.69 Å². The van der Waals surface area contributed by atoms with Crippen LogP contribution in [0.1, 0.15) is 30.1 Å². The summed E-state index contributed by atoms with van der Waals surface area (Å²) >= 11 is 3.24. The molecule has 0 saturated heterocycles. The van der Waals surface area contributed by atoms with E-state index in [1.807, 2.05) is 0 Å². The molecular weight excluding hydrogens is 338 g/mol. The Morgan fingerprint density at radius 3 is 2.70 bits per heavy atom. The molecule has 1 aromatic carbocycles. The van der Waals surface area contributed by atoms with Crippen LogP contribution in [0.4, 0.5) is 14.5 Å². The van der Waals surface area contributed by atoms with Crippen LogP contribution in [-0.2, 0) is 0 Å². The highest BCUT2D eigenvalue weighted by Crippen LogP contribution is 2.22. The highest BCUT2D eigenvalue weighted by molar-refractivity contribution is 9.09. The molecule has 1 unspecified atom stereocenters. The number of nitro benzene ring substituents is 1. The van der Waals surface area contributed by atoms with E-state index in [1.165, 1.54) is 0 Å². The van der Waals surface area contributed by atoms with Crippen molar-refractivity contribution in [1.82, 2.24) is 5.32 Å². The molecule has 0 aromatic heterocycles. The molecule has 1 amide bonds. The summed E-state index contributed by atoms with van der Waals surface area (Å²) in [6, 6.07) is 0.844. The van der Waals surface area contributed by atoms with Crippen LogP contribution in [0, 0.1) is 21.7 Å². The second-order valence-electron chi connectivity index (χ2n) is 4.25. The van der Waals surface area contributed by atoms with Crippen LogP contribution in [0.15, 0.2) is 12.1 Å². The molecule has 20 heavy (non-hydrogen) atoms. The molecule has 0 aliphatic carbocycles. The van der Waals surface area contributed by atoms with Crippen LogP contribution in [0.25, 0.3) is 0 Å². The number of carbonyl (C=O) groups excluding carboxylic acids is 1. The van der Waals surface area contributed by atoms with Crippen LogP contribution < -0.4 is 5.32 Å². The summed E-state index contributed by atoms with van der Waals surface area (Å²) in [6.45, 7) is 1.71. The first-order chi connectivity index (χ1) is 9.36. The van der Waals surface area contributed by atoms with Crippen molar-refractivity contribution in [2.45, 2.75) is 25.8 Å². The van der Waals surface area contributed by atoms with Gasteiger partial charge in [-0.1, -0.05) is 15.9 Å². The van der Waals surface area contributed by atoms with Crippen molar-refractivity contribution in [3.05, 3.63) is 39.4 Å². The Morgan fingerprint density at radius 2 is 2.15 bits per heavy atom. The summed E-state index contributed by atoms with van der Waals surface area (Å²) in [5, 5.41) is 13.8. The smallest absolute Gasteiger partial charge is 0.308 e. The average Bonchev–Trinajstić information content (AvgIpc) is 2.38. The van der Waals surface area contributed by atoms with E-state index in [-0.39, 0.29) is 6.04 Å². The molecule has 0 spiro atoms. The SMILES string of the molecule is CC(CCCBr)NC(=O)c1cc(F)cc([N+](=O)[O-])c1F. The predicted octanol–water partition coefficient (Wildman–Crippen LogP) is 3.17. The van der Waals surface area contributed by atoms with Gasteiger partial charge in [0.15, 0.2) is 0 Å². The number of hydrogen-bond donors (Lipinski definition) is 1. The predicted molar refractivity (Wildman–Crippen MR) is 73.0 cm³/mol. The lowest BCUT2D eigenvalue weighted by Crippen LogP contribution is -2.33. The molecule has 0 aliphatic heterocycles. The van der Waals surface area contributed by atoms with Crippen LogP contribution in [0.3, 0.4) is 0 Å². The summed E-state index contributed by atoms with van der Waals surface area (Å²) in [7, 11) is 0. The van der Waals surface area contributed by atoms with Crippen molar-refractivity contribution < 1.29 is 18.5 Å². The lowest BCUT2D eigenvalue weighted by Gasteiger charge is -2.13. The Balaban J connectivity index is 2.96. The number of nitrogens with zero attached hydrogens (tertiary/aromatic N) is 1. The van der Waals surface area contributed by atoms with Gasteiger partial charge in [-0.3, -0.25) is 14.9 Å². The van der Waals surface area contributed by atoms with E-state index in [9.17, 15) is 23.7 Å². The molecule has 0 fully saturated rings. The number of hydrogen-bond acceptors (Lipinski definition) is 3.